The summed E-state index contributed by atoms with van der Waals surface area (Å²) < 4.78 is 12.6. The zero-order chi connectivity index (χ0) is 33.0. The van der Waals surface area contributed by atoms with Gasteiger partial charge in [-0.15, -0.1) is 0 Å². The minimum atomic E-state index is -0.331. The summed E-state index contributed by atoms with van der Waals surface area (Å²) in [5, 5.41) is 7.85. The molecule has 0 aliphatic carbocycles. The fourth-order valence-corrected chi connectivity index (χ4v) is 7.07. The Balaban J connectivity index is 1.10. The topological polar surface area (TPSA) is 63.0 Å². The van der Waals surface area contributed by atoms with Crippen molar-refractivity contribution in [3.05, 3.63) is 180 Å². The first-order chi connectivity index (χ1) is 24.7. The number of nitrogens with one attached hydrogen (secondary N) is 1. The van der Waals surface area contributed by atoms with Crippen LogP contribution in [0.15, 0.2) is 183 Å². The monoisotopic (exact) mass is 643 g/mol. The van der Waals surface area contributed by atoms with Crippen LogP contribution in [0.4, 0.5) is 0 Å². The number of aliphatic imine (C=N–C) groups is 2. The minimum Gasteiger partial charge on any atom is -0.456 e. The lowest BCUT2D eigenvalue weighted by Crippen LogP contribution is -2.33. The number of hydrogen-bond donors (Lipinski definition) is 1. The second-order valence-corrected chi connectivity index (χ2v) is 12.6. The normalized spacial score (nSPS) is 14.6. The molecule has 5 heteroatoms. The second-order valence-electron chi connectivity index (χ2n) is 12.6. The van der Waals surface area contributed by atoms with Crippen LogP contribution in [-0.4, -0.2) is 11.7 Å². The maximum Gasteiger partial charge on any atom is 0.160 e. The number of para-hydroxylation sites is 1. The third kappa shape index (κ3) is 4.79. The molecule has 1 unspecified atom stereocenters. The fourth-order valence-electron chi connectivity index (χ4n) is 7.07. The maximum absolute atomic E-state index is 6.43. The van der Waals surface area contributed by atoms with E-state index in [9.17, 15) is 0 Å². The van der Waals surface area contributed by atoms with Crippen molar-refractivity contribution in [2.75, 3.05) is 0 Å². The van der Waals surface area contributed by atoms with Crippen LogP contribution in [0.5, 0.6) is 0 Å². The van der Waals surface area contributed by atoms with Gasteiger partial charge in [0.25, 0.3) is 0 Å². The van der Waals surface area contributed by atoms with Gasteiger partial charge in [0.2, 0.25) is 0 Å². The average Bonchev–Trinajstić information content (AvgIpc) is 3.76. The molecule has 0 spiro atoms. The van der Waals surface area contributed by atoms with E-state index < -0.39 is 0 Å². The zero-order valence-corrected chi connectivity index (χ0v) is 26.9. The Morgan fingerprint density at radius 3 is 1.90 bits per heavy atom. The molecule has 1 atom stereocenters. The summed E-state index contributed by atoms with van der Waals surface area (Å²) in [4.78, 5) is 10.4. The van der Waals surface area contributed by atoms with Crippen molar-refractivity contribution in [2.24, 2.45) is 9.98 Å². The van der Waals surface area contributed by atoms with Gasteiger partial charge in [-0.2, -0.15) is 0 Å². The van der Waals surface area contributed by atoms with Gasteiger partial charge in [0.1, 0.15) is 34.3 Å². The lowest BCUT2D eigenvalue weighted by Gasteiger charge is -2.24. The molecule has 0 bridgehead atoms. The number of hydrogen-bond acceptors (Lipinski definition) is 5. The summed E-state index contributed by atoms with van der Waals surface area (Å²) in [6.45, 7) is 0. The Morgan fingerprint density at radius 2 is 1.06 bits per heavy atom. The zero-order valence-electron chi connectivity index (χ0n) is 26.9. The van der Waals surface area contributed by atoms with E-state index in [4.69, 9.17) is 18.8 Å². The predicted molar refractivity (Wildman–Crippen MR) is 204 cm³/mol. The van der Waals surface area contributed by atoms with Crippen molar-refractivity contribution in [3.63, 3.8) is 0 Å². The summed E-state index contributed by atoms with van der Waals surface area (Å²) in [7, 11) is 0. The van der Waals surface area contributed by atoms with Gasteiger partial charge in [0, 0.05) is 32.7 Å². The van der Waals surface area contributed by atoms with Crippen molar-refractivity contribution in [3.8, 4) is 22.3 Å². The molecule has 9 aromatic rings. The van der Waals surface area contributed by atoms with E-state index in [1.807, 2.05) is 54.6 Å². The van der Waals surface area contributed by atoms with Gasteiger partial charge < -0.3 is 14.2 Å². The van der Waals surface area contributed by atoms with Crippen molar-refractivity contribution < 1.29 is 8.83 Å². The Hall–Kier alpha value is -6.72. The number of furan rings is 2. The first kappa shape index (κ1) is 28.3. The Labute approximate surface area is 287 Å². The molecule has 1 aliphatic heterocycles. The lowest BCUT2D eigenvalue weighted by atomic mass is 9.99. The molecule has 50 heavy (non-hydrogen) atoms. The van der Waals surface area contributed by atoms with E-state index >= 15 is 0 Å². The molecule has 0 saturated carbocycles. The highest BCUT2D eigenvalue weighted by molar-refractivity contribution is 6.22. The van der Waals surface area contributed by atoms with Crippen LogP contribution in [0.2, 0.25) is 0 Å². The van der Waals surface area contributed by atoms with Crippen LogP contribution >= 0.6 is 0 Å². The number of benzene rings is 7. The van der Waals surface area contributed by atoms with Crippen LogP contribution in [-0.2, 0) is 0 Å². The number of amidine groups is 2. The van der Waals surface area contributed by atoms with Gasteiger partial charge in [-0.1, -0.05) is 127 Å². The molecule has 10 rings (SSSR count). The predicted octanol–water partition coefficient (Wildman–Crippen LogP) is 11.3. The molecular formula is C45H29N3O2. The maximum atomic E-state index is 6.43. The third-order valence-corrected chi connectivity index (χ3v) is 9.57. The largest absolute Gasteiger partial charge is 0.456 e. The van der Waals surface area contributed by atoms with E-state index in [0.717, 1.165) is 83.1 Å². The Bertz CT molecular complexity index is 2770. The Morgan fingerprint density at radius 1 is 0.440 bits per heavy atom. The van der Waals surface area contributed by atoms with Gasteiger partial charge in [-0.25, -0.2) is 9.98 Å². The van der Waals surface area contributed by atoms with Gasteiger partial charge >= 0.3 is 0 Å². The highest BCUT2D eigenvalue weighted by Crippen LogP contribution is 2.38. The van der Waals surface area contributed by atoms with Crippen LogP contribution in [0.25, 0.3) is 66.1 Å². The molecule has 5 nitrogen and oxygen atoms in total. The van der Waals surface area contributed by atoms with Crippen LogP contribution in [0, 0.1) is 0 Å². The third-order valence-electron chi connectivity index (χ3n) is 9.57. The Kier molecular flexibility index (Phi) is 6.49. The van der Waals surface area contributed by atoms with Crippen LogP contribution in [0.1, 0.15) is 22.9 Å². The molecule has 236 valence electrons. The standard InChI is InChI=1S/C45H29N3O2/c1-3-10-28(11-4-1)29-18-20-31(21-19-29)44-46-43(30-12-5-2-6-13-30)47-45(48-44)36-15-9-17-40-42(36)37-26-32(23-25-39(37)49-40)33-22-24-35-34-14-7-8-16-38(34)50-41(35)27-33/h1-27,44H,(H,46,47,48). The van der Waals surface area contributed by atoms with Gasteiger partial charge in [-0.05, 0) is 64.2 Å². The minimum absolute atomic E-state index is 0.331. The lowest BCUT2D eigenvalue weighted by molar-refractivity contribution is 0.668. The summed E-state index contributed by atoms with van der Waals surface area (Å²) in [5.41, 5.74) is 10.9. The van der Waals surface area contributed by atoms with E-state index in [0.29, 0.717) is 5.84 Å². The van der Waals surface area contributed by atoms with E-state index in [1.165, 1.54) is 5.56 Å². The molecule has 3 heterocycles. The molecule has 0 saturated heterocycles. The quantitative estimate of drug-likeness (QED) is 0.203. The molecule has 0 amide bonds. The van der Waals surface area contributed by atoms with E-state index in [1.54, 1.807) is 0 Å². The molecular weight excluding hydrogens is 615 g/mol. The highest BCUT2D eigenvalue weighted by Gasteiger charge is 2.24. The van der Waals surface area contributed by atoms with Crippen molar-refractivity contribution in [1.29, 1.82) is 0 Å². The number of fused-ring (bicyclic) bond motifs is 6. The molecule has 1 N–H and O–H groups in total. The number of rotatable bonds is 5. The van der Waals surface area contributed by atoms with Crippen LogP contribution < -0.4 is 5.32 Å². The average molecular weight is 644 g/mol. The fraction of sp³-hybridized carbons (Fsp3) is 0.0222. The van der Waals surface area contributed by atoms with Gasteiger partial charge in [0.05, 0.1) is 0 Å². The van der Waals surface area contributed by atoms with Gasteiger partial charge in [0.15, 0.2) is 5.84 Å². The highest BCUT2D eigenvalue weighted by atomic mass is 16.3. The van der Waals surface area contributed by atoms with Crippen molar-refractivity contribution >= 4 is 55.5 Å². The first-order valence-corrected chi connectivity index (χ1v) is 16.8. The second kappa shape index (κ2) is 11.5. The van der Waals surface area contributed by atoms with E-state index in [2.05, 4.69) is 115 Å². The van der Waals surface area contributed by atoms with Gasteiger partial charge in [-0.3, -0.25) is 0 Å². The first-order valence-electron chi connectivity index (χ1n) is 16.8. The van der Waals surface area contributed by atoms with Crippen molar-refractivity contribution in [1.82, 2.24) is 5.32 Å². The molecule has 0 radical (unpaired) electrons. The van der Waals surface area contributed by atoms with E-state index in [-0.39, 0.29) is 6.17 Å². The molecule has 1 aliphatic rings. The summed E-state index contributed by atoms with van der Waals surface area (Å²) in [6, 6.07) is 56.3. The molecule has 2 aromatic heterocycles. The number of nitrogens with zero attached hydrogens (tertiary/aromatic N) is 2. The smallest absolute Gasteiger partial charge is 0.160 e. The molecule has 0 fully saturated rings. The molecule has 7 aromatic carbocycles. The van der Waals surface area contributed by atoms with Crippen LogP contribution in [0.3, 0.4) is 0 Å². The summed E-state index contributed by atoms with van der Waals surface area (Å²) >= 11 is 0. The summed E-state index contributed by atoms with van der Waals surface area (Å²) in [5.74, 6) is 1.43. The van der Waals surface area contributed by atoms with Crippen molar-refractivity contribution in [2.45, 2.75) is 6.17 Å². The summed E-state index contributed by atoms with van der Waals surface area (Å²) in [6.07, 6.45) is -0.331. The SMILES string of the molecule is c1ccc(C2=NC(c3cccc4oc5ccc(-c6ccc7c(c6)oc6ccccc67)cc5c34)=NC(c3ccc(-c4ccccc4)cc3)N2)cc1.